The Morgan fingerprint density at radius 3 is 2.61 bits per heavy atom. The van der Waals surface area contributed by atoms with E-state index in [0.29, 0.717) is 11.7 Å². The van der Waals surface area contributed by atoms with Crippen LogP contribution < -0.4 is 0 Å². The van der Waals surface area contributed by atoms with Crippen molar-refractivity contribution in [1.82, 2.24) is 0 Å². The predicted octanol–water partition coefficient (Wildman–Crippen LogP) is 3.26. The van der Waals surface area contributed by atoms with Gasteiger partial charge in [0.15, 0.2) is 5.78 Å². The largest absolute Gasteiger partial charge is 0.356 e. The van der Waals surface area contributed by atoms with Crippen LogP contribution in [-0.4, -0.2) is 11.9 Å². The molecule has 2 nitrogen and oxygen atoms in total. The van der Waals surface area contributed by atoms with E-state index < -0.39 is 0 Å². The van der Waals surface area contributed by atoms with Gasteiger partial charge in [-0.3, -0.25) is 4.79 Å². The molecule has 2 fully saturated rings. The fraction of sp³-hybridized carbons (Fsp3) is 0.312. The van der Waals surface area contributed by atoms with E-state index in [1.807, 2.05) is 12.1 Å². The van der Waals surface area contributed by atoms with Gasteiger partial charge < -0.3 is 4.74 Å². The Bertz CT molecular complexity index is 628. The molecule has 2 aliphatic rings. The van der Waals surface area contributed by atoms with E-state index in [4.69, 9.17) is 4.74 Å². The van der Waals surface area contributed by atoms with Crippen LogP contribution in [-0.2, 0) is 9.53 Å². The minimum atomic E-state index is -0.168. The summed E-state index contributed by atoms with van der Waals surface area (Å²) in [6.45, 7) is 0. The molecule has 2 aromatic rings. The summed E-state index contributed by atoms with van der Waals surface area (Å²) in [5, 5.41) is 2.44. The zero-order valence-electron chi connectivity index (χ0n) is 10.0. The van der Waals surface area contributed by atoms with E-state index in [1.54, 1.807) is 0 Å². The minimum absolute atomic E-state index is 0.00251. The van der Waals surface area contributed by atoms with Gasteiger partial charge in [0.25, 0.3) is 0 Å². The van der Waals surface area contributed by atoms with Crippen molar-refractivity contribution in [1.29, 1.82) is 0 Å². The van der Waals surface area contributed by atoms with Crippen molar-refractivity contribution >= 4 is 16.6 Å². The molecule has 2 aromatic carbocycles. The molecule has 18 heavy (non-hydrogen) atoms. The first-order valence-corrected chi connectivity index (χ1v) is 6.51. The lowest BCUT2D eigenvalue weighted by Gasteiger charge is -2.00. The molecule has 2 heteroatoms. The Labute approximate surface area is 106 Å². The Morgan fingerprint density at radius 2 is 1.83 bits per heavy atom. The van der Waals surface area contributed by atoms with Crippen LogP contribution in [0, 0.1) is 5.92 Å². The summed E-state index contributed by atoms with van der Waals surface area (Å²) < 4.78 is 5.57. The highest BCUT2D eigenvalue weighted by Gasteiger charge is 2.50. The average Bonchev–Trinajstić information content (AvgIpc) is 3.30. The maximum atomic E-state index is 11.9. The first-order chi connectivity index (χ1) is 8.83. The molecule has 0 aromatic heterocycles. The van der Waals surface area contributed by atoms with Gasteiger partial charge in [-0.05, 0) is 35.2 Å². The van der Waals surface area contributed by atoms with Gasteiger partial charge in [0.05, 0.1) is 0 Å². The number of ketones is 1. The highest BCUT2D eigenvalue weighted by atomic mass is 16.6. The number of carbonyl (C=O) groups is 1. The molecule has 0 radical (unpaired) electrons. The van der Waals surface area contributed by atoms with E-state index in [0.717, 1.165) is 18.4 Å². The Hall–Kier alpha value is -1.67. The second-order valence-corrected chi connectivity index (χ2v) is 5.26. The summed E-state index contributed by atoms with van der Waals surface area (Å²) in [5.74, 6) is 0.605. The summed E-state index contributed by atoms with van der Waals surface area (Å²) in [7, 11) is 0. The molecule has 4 rings (SSSR count). The van der Waals surface area contributed by atoms with Crippen LogP contribution in [0.1, 0.15) is 24.5 Å². The van der Waals surface area contributed by atoms with Crippen molar-refractivity contribution in [2.75, 3.05) is 0 Å². The first kappa shape index (κ1) is 10.3. The van der Waals surface area contributed by atoms with E-state index >= 15 is 0 Å². The third kappa shape index (κ3) is 1.65. The Morgan fingerprint density at radius 1 is 1.06 bits per heavy atom. The van der Waals surface area contributed by atoms with Crippen molar-refractivity contribution in [2.24, 2.45) is 5.92 Å². The van der Waals surface area contributed by atoms with Gasteiger partial charge in [0.2, 0.25) is 0 Å². The molecular weight excluding hydrogens is 224 g/mol. The fourth-order valence-electron chi connectivity index (χ4n) is 2.57. The molecule has 1 saturated heterocycles. The third-order valence-corrected chi connectivity index (χ3v) is 3.85. The highest BCUT2D eigenvalue weighted by molar-refractivity contribution is 5.90. The summed E-state index contributed by atoms with van der Waals surface area (Å²) in [6.07, 6.45) is 1.95. The molecule has 1 saturated carbocycles. The Kier molecular flexibility index (Phi) is 2.09. The van der Waals surface area contributed by atoms with Crippen molar-refractivity contribution in [2.45, 2.75) is 25.0 Å². The second kappa shape index (κ2) is 3.66. The number of hydrogen-bond acceptors (Lipinski definition) is 2. The number of carbonyl (C=O) groups excluding carboxylic acids is 1. The number of Topliss-reactive ketones (excluding diaryl/α,β-unsaturated/α-hetero) is 1. The van der Waals surface area contributed by atoms with Crippen molar-refractivity contribution < 1.29 is 9.53 Å². The highest BCUT2D eigenvalue weighted by Crippen LogP contribution is 2.45. The van der Waals surface area contributed by atoms with Crippen molar-refractivity contribution in [3.63, 3.8) is 0 Å². The quantitative estimate of drug-likeness (QED) is 0.768. The van der Waals surface area contributed by atoms with Gasteiger partial charge in [-0.1, -0.05) is 36.4 Å². The molecule has 1 aliphatic heterocycles. The van der Waals surface area contributed by atoms with Gasteiger partial charge >= 0.3 is 0 Å². The van der Waals surface area contributed by atoms with Crippen LogP contribution >= 0.6 is 0 Å². The summed E-state index contributed by atoms with van der Waals surface area (Å²) in [4.78, 5) is 11.9. The van der Waals surface area contributed by atoms with Crippen LogP contribution in [0.25, 0.3) is 10.8 Å². The van der Waals surface area contributed by atoms with E-state index in [2.05, 4.69) is 30.3 Å². The SMILES string of the molecule is O=C(C1CC1)[C@H]1O[C@@H]1c1ccc2ccccc2c1. The zero-order valence-corrected chi connectivity index (χ0v) is 10.0. The number of hydrogen-bond donors (Lipinski definition) is 0. The Balaban J connectivity index is 1.62. The monoisotopic (exact) mass is 238 g/mol. The molecule has 1 heterocycles. The standard InChI is InChI=1S/C16H14O2/c17-14(11-6-7-11)16-15(18-16)13-8-5-10-3-1-2-4-12(10)9-13/h1-5,8-9,11,15-16H,6-7H2/t15-,16-/m1/s1. The van der Waals surface area contributed by atoms with E-state index in [9.17, 15) is 4.79 Å². The molecule has 1 aliphatic carbocycles. The van der Waals surface area contributed by atoms with Gasteiger partial charge in [0, 0.05) is 5.92 Å². The molecule has 2 atom stereocenters. The maximum Gasteiger partial charge on any atom is 0.167 e. The topological polar surface area (TPSA) is 29.6 Å². The molecule has 0 amide bonds. The molecule has 0 bridgehead atoms. The lowest BCUT2D eigenvalue weighted by Crippen LogP contribution is -2.09. The lowest BCUT2D eigenvalue weighted by molar-refractivity contribution is -0.121. The van der Waals surface area contributed by atoms with Gasteiger partial charge in [-0.15, -0.1) is 0 Å². The fourth-order valence-corrected chi connectivity index (χ4v) is 2.57. The zero-order chi connectivity index (χ0) is 12.1. The van der Waals surface area contributed by atoms with Crippen LogP contribution in [0.15, 0.2) is 42.5 Å². The smallest absolute Gasteiger partial charge is 0.167 e. The van der Waals surface area contributed by atoms with E-state index in [-0.39, 0.29) is 12.2 Å². The number of fused-ring (bicyclic) bond motifs is 1. The number of rotatable bonds is 3. The van der Waals surface area contributed by atoms with Crippen LogP contribution in [0.5, 0.6) is 0 Å². The number of ether oxygens (including phenoxy) is 1. The van der Waals surface area contributed by atoms with Crippen LogP contribution in [0.2, 0.25) is 0 Å². The van der Waals surface area contributed by atoms with Crippen LogP contribution in [0.3, 0.4) is 0 Å². The summed E-state index contributed by atoms with van der Waals surface area (Å²) >= 11 is 0. The van der Waals surface area contributed by atoms with Gasteiger partial charge in [0.1, 0.15) is 12.2 Å². The molecule has 0 N–H and O–H groups in total. The average molecular weight is 238 g/mol. The number of benzene rings is 2. The van der Waals surface area contributed by atoms with Gasteiger partial charge in [-0.25, -0.2) is 0 Å². The molecule has 0 unspecified atom stereocenters. The van der Waals surface area contributed by atoms with Crippen molar-refractivity contribution in [3.8, 4) is 0 Å². The van der Waals surface area contributed by atoms with Gasteiger partial charge in [-0.2, -0.15) is 0 Å². The maximum absolute atomic E-state index is 11.9. The van der Waals surface area contributed by atoms with Crippen LogP contribution in [0.4, 0.5) is 0 Å². The third-order valence-electron chi connectivity index (χ3n) is 3.85. The first-order valence-electron chi connectivity index (χ1n) is 6.51. The van der Waals surface area contributed by atoms with Crippen molar-refractivity contribution in [3.05, 3.63) is 48.0 Å². The lowest BCUT2D eigenvalue weighted by atomic mass is 10.0. The molecular formula is C16H14O2. The summed E-state index contributed by atoms with van der Waals surface area (Å²) in [6, 6.07) is 14.6. The van der Waals surface area contributed by atoms with E-state index in [1.165, 1.54) is 10.8 Å². The molecule has 90 valence electrons. The number of epoxide rings is 1. The minimum Gasteiger partial charge on any atom is -0.356 e. The summed E-state index contributed by atoms with van der Waals surface area (Å²) in [5.41, 5.74) is 1.13. The molecule has 0 spiro atoms. The second-order valence-electron chi connectivity index (χ2n) is 5.26. The normalized spacial score (nSPS) is 26.2. The predicted molar refractivity (Wildman–Crippen MR) is 69.3 cm³/mol.